The lowest BCUT2D eigenvalue weighted by Crippen LogP contribution is -2.65. The van der Waals surface area contributed by atoms with Gasteiger partial charge in [-0.15, -0.1) is 0 Å². The van der Waals surface area contributed by atoms with Crippen LogP contribution in [0.15, 0.2) is 18.2 Å². The van der Waals surface area contributed by atoms with Crippen molar-refractivity contribution in [3.05, 3.63) is 23.8 Å². The van der Waals surface area contributed by atoms with E-state index in [-0.39, 0.29) is 11.9 Å². The van der Waals surface area contributed by atoms with Crippen LogP contribution in [0.4, 0.5) is 0 Å². The molecule has 2 atom stereocenters. The fourth-order valence-electron chi connectivity index (χ4n) is 4.54. The van der Waals surface area contributed by atoms with Crippen molar-refractivity contribution in [2.45, 2.75) is 81.2 Å². The summed E-state index contributed by atoms with van der Waals surface area (Å²) in [6, 6.07) is 5.26. The first-order valence-corrected chi connectivity index (χ1v) is 12.8. The molecule has 2 heterocycles. The summed E-state index contributed by atoms with van der Waals surface area (Å²) in [6.45, 7) is 4.87. The zero-order valence-corrected chi connectivity index (χ0v) is 21.3. The molecular formula is C23H40B4N2O4. The van der Waals surface area contributed by atoms with E-state index in [0.29, 0.717) is 24.5 Å². The number of hydrogen-bond acceptors (Lipinski definition) is 5. The average Bonchev–Trinajstić information content (AvgIpc) is 3.26. The molecule has 1 fully saturated rings. The van der Waals surface area contributed by atoms with Crippen molar-refractivity contribution in [3.63, 3.8) is 0 Å². The van der Waals surface area contributed by atoms with Gasteiger partial charge < -0.3 is 24.8 Å². The third-order valence-corrected chi connectivity index (χ3v) is 7.38. The fraction of sp³-hybridized carbons (Fsp3) is 0.696. The molecule has 0 saturated carbocycles. The minimum atomic E-state index is -0.818. The van der Waals surface area contributed by atoms with Gasteiger partial charge in [0.1, 0.15) is 37.5 Å². The summed E-state index contributed by atoms with van der Waals surface area (Å²) < 4.78 is 12.5. The maximum atomic E-state index is 12.7. The maximum Gasteiger partial charge on any atom is 0.220 e. The predicted octanol–water partition coefficient (Wildman–Crippen LogP) is -0.728. The van der Waals surface area contributed by atoms with Crippen LogP contribution in [-0.2, 0) is 4.79 Å². The van der Waals surface area contributed by atoms with Gasteiger partial charge in [0.15, 0.2) is 11.5 Å². The molecule has 0 bridgehead atoms. The second kappa shape index (κ2) is 11.3. The summed E-state index contributed by atoms with van der Waals surface area (Å²) in [5.74, 6) is 1.34. The highest BCUT2D eigenvalue weighted by molar-refractivity contribution is 6.53. The summed E-state index contributed by atoms with van der Waals surface area (Å²) in [5, 5.41) is 13.5. The first-order chi connectivity index (χ1) is 15.6. The van der Waals surface area contributed by atoms with Crippen LogP contribution in [0.25, 0.3) is 0 Å². The van der Waals surface area contributed by atoms with Crippen molar-refractivity contribution in [1.29, 1.82) is 0 Å². The number of benzene rings is 1. The molecule has 33 heavy (non-hydrogen) atoms. The van der Waals surface area contributed by atoms with Crippen LogP contribution in [0.1, 0.15) is 70.0 Å². The maximum absolute atomic E-state index is 12.7. The molecule has 6 nitrogen and oxygen atoms in total. The Kier molecular flexibility index (Phi) is 8.90. The average molecular weight is 452 g/mol. The topological polar surface area (TPSA) is 71.0 Å². The highest BCUT2D eigenvalue weighted by Gasteiger charge is 2.44. The Labute approximate surface area is 203 Å². The highest BCUT2D eigenvalue weighted by Crippen LogP contribution is 2.40. The smallest absolute Gasteiger partial charge is 0.220 e. The van der Waals surface area contributed by atoms with Gasteiger partial charge >= 0.3 is 0 Å². The number of fused-ring (bicyclic) bond motifs is 1. The molecule has 0 radical (unpaired) electrons. The first kappa shape index (κ1) is 26.1. The lowest BCUT2D eigenvalue weighted by molar-refractivity contribution is -0.123. The molecule has 178 valence electrons. The van der Waals surface area contributed by atoms with E-state index in [9.17, 15) is 9.90 Å². The van der Waals surface area contributed by atoms with E-state index in [2.05, 4.69) is 17.1 Å². The van der Waals surface area contributed by atoms with E-state index in [1.165, 1.54) is 32.1 Å². The van der Waals surface area contributed by atoms with E-state index in [4.69, 9.17) is 9.47 Å². The third-order valence-electron chi connectivity index (χ3n) is 7.38. The number of likely N-dealkylation sites (tertiary alicyclic amines) is 1. The van der Waals surface area contributed by atoms with Gasteiger partial charge in [-0.2, -0.15) is 0 Å². The Morgan fingerprint density at radius 2 is 1.70 bits per heavy atom. The van der Waals surface area contributed by atoms with Crippen LogP contribution < -0.4 is 14.8 Å². The van der Waals surface area contributed by atoms with Crippen LogP contribution in [-0.4, -0.2) is 83.8 Å². The van der Waals surface area contributed by atoms with E-state index in [1.807, 2.05) is 49.6 Å². The van der Waals surface area contributed by atoms with Crippen LogP contribution in [0.3, 0.4) is 0 Å². The molecule has 1 aromatic rings. The van der Waals surface area contributed by atoms with Crippen molar-refractivity contribution in [2.24, 2.45) is 0 Å². The molecule has 10 heteroatoms. The highest BCUT2D eigenvalue weighted by atomic mass is 16.6. The largest absolute Gasteiger partial charge is 0.499 e. The van der Waals surface area contributed by atoms with Gasteiger partial charge in [-0.3, -0.25) is 4.79 Å². The molecule has 0 aromatic heterocycles. The summed E-state index contributed by atoms with van der Waals surface area (Å²) >= 11 is 0. The third kappa shape index (κ3) is 6.75. The molecule has 2 N–H and O–H groups in total. The Hall–Kier alpha value is -1.53. The summed E-state index contributed by atoms with van der Waals surface area (Å²) in [4.78, 5) is 15.0. The Morgan fingerprint density at radius 1 is 1.06 bits per heavy atom. The van der Waals surface area contributed by atoms with E-state index >= 15 is 0 Å². The molecule has 0 aliphatic carbocycles. The van der Waals surface area contributed by atoms with Crippen molar-refractivity contribution < 1.29 is 19.4 Å². The molecule has 2 aliphatic rings. The standard InChI is InChI=1S/C23H40B4N2O4/c1-2-3-4-5-6-9-20(30)28-17(15-29-12-7-8-13-29)21(31)16-10-11-18-19(14-16)33-23(26,27)22(24,25)32-18/h10-11,14,17,21,31H,2-9,12-13,15,24-27H2,1H3,(H,28,30)/t17-,21-/m1/s1. The zero-order valence-electron chi connectivity index (χ0n) is 21.3. The molecule has 2 aliphatic heterocycles. The second-order valence-corrected chi connectivity index (χ2v) is 10.7. The number of aliphatic hydroxyl groups is 1. The Bertz CT molecular complexity index is 803. The monoisotopic (exact) mass is 452 g/mol. The van der Waals surface area contributed by atoms with Gasteiger partial charge in [-0.05, 0) is 50.0 Å². The number of nitrogens with one attached hydrogen (secondary N) is 1. The van der Waals surface area contributed by atoms with Gasteiger partial charge in [0.05, 0.1) is 16.8 Å². The molecule has 1 aromatic carbocycles. The van der Waals surface area contributed by atoms with Gasteiger partial charge in [-0.1, -0.05) is 38.7 Å². The van der Waals surface area contributed by atoms with Crippen LogP contribution in [0.2, 0.25) is 0 Å². The minimum absolute atomic E-state index is 0.0233. The Morgan fingerprint density at radius 3 is 2.36 bits per heavy atom. The molecule has 0 unspecified atom stereocenters. The number of unbranched alkanes of at least 4 members (excludes halogenated alkanes) is 4. The van der Waals surface area contributed by atoms with Gasteiger partial charge in [0, 0.05) is 13.0 Å². The number of carbonyl (C=O) groups is 1. The second-order valence-electron chi connectivity index (χ2n) is 10.7. The summed E-state index contributed by atoms with van der Waals surface area (Å²) in [5.41, 5.74) is 0.736. The van der Waals surface area contributed by atoms with E-state index in [0.717, 1.165) is 31.5 Å². The molecule has 1 amide bonds. The lowest BCUT2D eigenvalue weighted by Gasteiger charge is -2.47. The van der Waals surface area contributed by atoms with E-state index < -0.39 is 16.9 Å². The number of carbonyl (C=O) groups excluding carboxylic acids is 1. The minimum Gasteiger partial charge on any atom is -0.499 e. The van der Waals surface area contributed by atoms with Crippen molar-refractivity contribution in [2.75, 3.05) is 19.6 Å². The number of aliphatic hydroxyl groups excluding tert-OH is 1. The normalized spacial score (nSPS) is 20.8. The van der Waals surface area contributed by atoms with Crippen molar-refractivity contribution >= 4 is 37.3 Å². The van der Waals surface area contributed by atoms with E-state index in [1.54, 1.807) is 0 Å². The first-order valence-electron chi connectivity index (χ1n) is 12.8. The quantitative estimate of drug-likeness (QED) is 0.343. The number of ether oxygens (including phenoxy) is 2. The lowest BCUT2D eigenvalue weighted by atomic mass is 9.41. The number of hydrogen-bond donors (Lipinski definition) is 2. The molecule has 0 spiro atoms. The van der Waals surface area contributed by atoms with Crippen molar-refractivity contribution in [1.82, 2.24) is 10.2 Å². The fourth-order valence-corrected chi connectivity index (χ4v) is 4.54. The summed E-state index contributed by atoms with van der Waals surface area (Å²) in [7, 11) is 8.05. The van der Waals surface area contributed by atoms with Gasteiger partial charge in [0.2, 0.25) is 5.91 Å². The zero-order chi connectivity index (χ0) is 24.1. The number of amides is 1. The molecule has 1 saturated heterocycles. The molecule has 3 rings (SSSR count). The van der Waals surface area contributed by atoms with Gasteiger partial charge in [0.25, 0.3) is 0 Å². The number of nitrogens with zero attached hydrogens (tertiary/aromatic N) is 1. The SMILES string of the molecule is BC1(B)Oc2ccc([C@@H](O)[C@@H](CN3CCCC3)NC(=O)CCCCCCC)cc2OC1(B)B. The summed E-state index contributed by atoms with van der Waals surface area (Å²) in [6.07, 6.45) is 7.59. The molecular weight excluding hydrogens is 412 g/mol. The Balaban J connectivity index is 1.70. The van der Waals surface area contributed by atoms with Crippen LogP contribution >= 0.6 is 0 Å². The van der Waals surface area contributed by atoms with Crippen LogP contribution in [0.5, 0.6) is 11.5 Å². The van der Waals surface area contributed by atoms with Crippen LogP contribution in [0, 0.1) is 0 Å². The predicted molar refractivity (Wildman–Crippen MR) is 143 cm³/mol. The number of rotatable bonds is 11. The van der Waals surface area contributed by atoms with Gasteiger partial charge in [-0.25, -0.2) is 0 Å². The van der Waals surface area contributed by atoms with Crippen molar-refractivity contribution in [3.8, 4) is 11.5 Å².